The van der Waals surface area contributed by atoms with E-state index in [9.17, 15) is 9.59 Å². The van der Waals surface area contributed by atoms with Crippen LogP contribution in [0.2, 0.25) is 0 Å². The predicted octanol–water partition coefficient (Wildman–Crippen LogP) is 1.79. The molecule has 0 unspecified atom stereocenters. The predicted molar refractivity (Wildman–Crippen MR) is 101 cm³/mol. The fraction of sp³-hybridized carbons (Fsp3) is 0.368. The van der Waals surface area contributed by atoms with E-state index in [4.69, 9.17) is 10.5 Å². The highest BCUT2D eigenvalue weighted by Crippen LogP contribution is 2.33. The van der Waals surface area contributed by atoms with E-state index in [2.05, 4.69) is 16.9 Å². The van der Waals surface area contributed by atoms with E-state index < -0.39 is 0 Å². The van der Waals surface area contributed by atoms with Crippen molar-refractivity contribution in [3.63, 3.8) is 0 Å². The smallest absolute Gasteiger partial charge is 0.267 e. The van der Waals surface area contributed by atoms with Gasteiger partial charge in [0.05, 0.1) is 6.54 Å². The summed E-state index contributed by atoms with van der Waals surface area (Å²) in [7, 11) is 0. The third-order valence-electron chi connectivity index (χ3n) is 4.88. The Morgan fingerprint density at radius 1 is 1.22 bits per heavy atom. The lowest BCUT2D eigenvalue weighted by atomic mass is 9.99. The molecule has 8 heteroatoms. The molecule has 2 amide bonds. The molecule has 0 saturated carbocycles. The van der Waals surface area contributed by atoms with Gasteiger partial charge in [-0.3, -0.25) is 9.59 Å². The van der Waals surface area contributed by atoms with Crippen molar-refractivity contribution in [2.75, 3.05) is 35.2 Å². The molecule has 2 aliphatic rings. The van der Waals surface area contributed by atoms with Gasteiger partial charge in [-0.2, -0.15) is 0 Å². The Morgan fingerprint density at radius 3 is 2.89 bits per heavy atom. The molecule has 2 aliphatic heterocycles. The maximum Gasteiger partial charge on any atom is 0.267 e. The van der Waals surface area contributed by atoms with Crippen LogP contribution in [-0.2, 0) is 11.2 Å². The number of carbonyl (C=O) groups is 2. The van der Waals surface area contributed by atoms with Crippen molar-refractivity contribution in [3.05, 3.63) is 35.7 Å². The molecule has 1 aromatic heterocycles. The normalized spacial score (nSPS) is 16.5. The fourth-order valence-corrected chi connectivity index (χ4v) is 3.59. The molecular weight excluding hydrogens is 346 g/mol. The molecule has 27 heavy (non-hydrogen) atoms. The molecular formula is C19H21N5O3. The summed E-state index contributed by atoms with van der Waals surface area (Å²) in [6, 6.07) is 5.76. The van der Waals surface area contributed by atoms with Crippen LogP contribution in [0.15, 0.2) is 24.5 Å². The Kier molecular flexibility index (Phi) is 4.39. The van der Waals surface area contributed by atoms with Crippen molar-refractivity contribution < 1.29 is 14.3 Å². The van der Waals surface area contributed by atoms with E-state index in [1.807, 2.05) is 23.1 Å². The second-order valence-electron chi connectivity index (χ2n) is 6.60. The summed E-state index contributed by atoms with van der Waals surface area (Å²) in [5.41, 5.74) is 8.84. The van der Waals surface area contributed by atoms with E-state index >= 15 is 0 Å². The lowest BCUT2D eigenvalue weighted by Crippen LogP contribution is -2.36. The van der Waals surface area contributed by atoms with Crippen LogP contribution in [0.1, 0.15) is 35.7 Å². The number of hydrogen-bond donors (Lipinski definition) is 1. The van der Waals surface area contributed by atoms with Crippen LogP contribution >= 0.6 is 0 Å². The molecule has 8 nitrogen and oxygen atoms in total. The zero-order valence-corrected chi connectivity index (χ0v) is 15.1. The maximum atomic E-state index is 13.1. The summed E-state index contributed by atoms with van der Waals surface area (Å²) in [5, 5.41) is 0. The van der Waals surface area contributed by atoms with Gasteiger partial charge in [-0.15, -0.1) is 0 Å². The van der Waals surface area contributed by atoms with Crippen molar-refractivity contribution in [1.29, 1.82) is 0 Å². The van der Waals surface area contributed by atoms with Gasteiger partial charge in [-0.1, -0.05) is 6.92 Å². The molecule has 0 spiro atoms. The minimum Gasteiger partial charge on any atom is -0.475 e. The number of anilines is 3. The summed E-state index contributed by atoms with van der Waals surface area (Å²) in [4.78, 5) is 36.7. The van der Waals surface area contributed by atoms with E-state index in [-0.39, 0.29) is 29.1 Å². The fourth-order valence-electron chi connectivity index (χ4n) is 3.59. The largest absolute Gasteiger partial charge is 0.475 e. The molecule has 2 N–H and O–H groups in total. The zero-order valence-electron chi connectivity index (χ0n) is 15.1. The van der Waals surface area contributed by atoms with Crippen LogP contribution in [0, 0.1) is 0 Å². The van der Waals surface area contributed by atoms with Gasteiger partial charge in [0.25, 0.3) is 5.91 Å². The topological polar surface area (TPSA) is 102 Å². The van der Waals surface area contributed by atoms with Gasteiger partial charge in [0.15, 0.2) is 0 Å². The number of fused-ring (bicyclic) bond motifs is 2. The number of aryl methyl sites for hydroxylation is 1. The first-order valence-electron chi connectivity index (χ1n) is 9.08. The average Bonchev–Trinajstić information content (AvgIpc) is 2.83. The van der Waals surface area contributed by atoms with Crippen molar-refractivity contribution in [2.24, 2.45) is 0 Å². The summed E-state index contributed by atoms with van der Waals surface area (Å²) in [6.45, 7) is 3.44. The van der Waals surface area contributed by atoms with Crippen molar-refractivity contribution in [1.82, 2.24) is 9.97 Å². The number of ether oxygens (including phenoxy) is 1. The minimum absolute atomic E-state index is 0.106. The number of nitrogen functional groups attached to an aromatic ring is 1. The molecule has 0 saturated heterocycles. The summed E-state index contributed by atoms with van der Waals surface area (Å²) >= 11 is 0. The third-order valence-corrected chi connectivity index (χ3v) is 4.88. The lowest BCUT2D eigenvalue weighted by Gasteiger charge is -2.30. The van der Waals surface area contributed by atoms with Gasteiger partial charge < -0.3 is 20.3 Å². The molecule has 2 aromatic rings. The van der Waals surface area contributed by atoms with Gasteiger partial charge in [0.2, 0.25) is 11.8 Å². The molecule has 3 heterocycles. The highest BCUT2D eigenvalue weighted by atomic mass is 16.5. The quantitative estimate of drug-likeness (QED) is 0.887. The Bertz CT molecular complexity index is 914. The monoisotopic (exact) mass is 367 g/mol. The second kappa shape index (κ2) is 6.86. The molecule has 4 rings (SSSR count). The lowest BCUT2D eigenvalue weighted by molar-refractivity contribution is -0.118. The molecule has 0 aliphatic carbocycles. The van der Waals surface area contributed by atoms with Crippen LogP contribution in [0.3, 0.4) is 0 Å². The average molecular weight is 367 g/mol. The summed E-state index contributed by atoms with van der Waals surface area (Å²) in [5.74, 6) is 0.190. The number of amides is 2. The van der Waals surface area contributed by atoms with E-state index in [1.165, 1.54) is 6.33 Å². The highest BCUT2D eigenvalue weighted by molar-refractivity contribution is 6.11. The Hall–Kier alpha value is -3.16. The summed E-state index contributed by atoms with van der Waals surface area (Å²) in [6.07, 6.45) is 3.33. The molecule has 0 bridgehead atoms. The van der Waals surface area contributed by atoms with Gasteiger partial charge >= 0.3 is 0 Å². The van der Waals surface area contributed by atoms with Crippen LogP contribution < -0.4 is 20.3 Å². The highest BCUT2D eigenvalue weighted by Gasteiger charge is 2.30. The number of nitrogens with two attached hydrogens (primary N) is 1. The number of benzene rings is 1. The molecule has 1 aromatic carbocycles. The minimum atomic E-state index is -0.280. The Labute approximate surface area is 156 Å². The van der Waals surface area contributed by atoms with Gasteiger partial charge in [0, 0.05) is 24.3 Å². The van der Waals surface area contributed by atoms with E-state index in [0.717, 1.165) is 23.4 Å². The van der Waals surface area contributed by atoms with Crippen LogP contribution in [-0.4, -0.2) is 41.5 Å². The number of carbonyl (C=O) groups excluding carboxylic acids is 2. The first-order chi connectivity index (χ1) is 13.1. The molecule has 0 radical (unpaired) electrons. The zero-order chi connectivity index (χ0) is 19.0. The van der Waals surface area contributed by atoms with E-state index in [0.29, 0.717) is 32.5 Å². The standard InChI is InChI=1S/C19H21N5O3/c1-2-7-24-14-5-4-13(10-12(14)3-6-15(24)25)23-8-9-27-18-16(19(23)26)17(20)21-11-22-18/h4-5,10-11H,2-3,6-9H2,1H3,(H2,20,21,22). The molecule has 0 fully saturated rings. The van der Waals surface area contributed by atoms with Crippen molar-refractivity contribution in [3.8, 4) is 5.88 Å². The van der Waals surface area contributed by atoms with Gasteiger partial charge in [0.1, 0.15) is 24.3 Å². The first-order valence-corrected chi connectivity index (χ1v) is 9.08. The van der Waals surface area contributed by atoms with Gasteiger partial charge in [-0.25, -0.2) is 9.97 Å². The first kappa shape index (κ1) is 17.3. The van der Waals surface area contributed by atoms with Crippen LogP contribution in [0.4, 0.5) is 17.2 Å². The van der Waals surface area contributed by atoms with Crippen molar-refractivity contribution >= 4 is 29.0 Å². The SMILES string of the molecule is CCCN1C(=O)CCc2cc(N3CCOc4ncnc(N)c4C3=O)ccc21. The van der Waals surface area contributed by atoms with Crippen LogP contribution in [0.25, 0.3) is 0 Å². The maximum absolute atomic E-state index is 13.1. The summed E-state index contributed by atoms with van der Waals surface area (Å²) < 4.78 is 5.58. The van der Waals surface area contributed by atoms with Crippen molar-refractivity contribution in [2.45, 2.75) is 26.2 Å². The number of aromatic nitrogens is 2. The number of rotatable bonds is 3. The number of nitrogens with zero attached hydrogens (tertiary/aromatic N) is 4. The van der Waals surface area contributed by atoms with Gasteiger partial charge in [-0.05, 0) is 36.6 Å². The molecule has 140 valence electrons. The third kappa shape index (κ3) is 2.97. The Balaban J connectivity index is 1.71. The van der Waals surface area contributed by atoms with Crippen LogP contribution in [0.5, 0.6) is 5.88 Å². The second-order valence-corrected chi connectivity index (χ2v) is 6.60. The number of hydrogen-bond acceptors (Lipinski definition) is 6. The van der Waals surface area contributed by atoms with E-state index in [1.54, 1.807) is 4.90 Å². The Morgan fingerprint density at radius 2 is 2.07 bits per heavy atom. The molecule has 0 atom stereocenters.